The SMILES string of the molecule is Cc1c(CNC(C)c2ccc(N3CCC(O)CC3)cc2)cnn1C. The van der Waals surface area contributed by atoms with Gasteiger partial charge >= 0.3 is 0 Å². The summed E-state index contributed by atoms with van der Waals surface area (Å²) in [6.45, 7) is 6.99. The Bertz CT molecular complexity index is 657. The van der Waals surface area contributed by atoms with Crippen molar-refractivity contribution in [2.45, 2.75) is 45.4 Å². The van der Waals surface area contributed by atoms with Crippen LogP contribution in [0.1, 0.15) is 42.6 Å². The van der Waals surface area contributed by atoms with E-state index in [2.05, 4.69) is 53.4 Å². The predicted molar refractivity (Wildman–Crippen MR) is 97.1 cm³/mol. The van der Waals surface area contributed by atoms with Gasteiger partial charge in [-0.15, -0.1) is 0 Å². The molecule has 0 spiro atoms. The molecule has 5 nitrogen and oxygen atoms in total. The van der Waals surface area contributed by atoms with E-state index in [0.717, 1.165) is 32.5 Å². The summed E-state index contributed by atoms with van der Waals surface area (Å²) in [6, 6.07) is 9.09. The fraction of sp³-hybridized carbons (Fsp3) is 0.526. The fourth-order valence-electron chi connectivity index (χ4n) is 3.20. The Hall–Kier alpha value is -1.85. The van der Waals surface area contributed by atoms with Crippen LogP contribution in [0.3, 0.4) is 0 Å². The highest BCUT2D eigenvalue weighted by atomic mass is 16.3. The Morgan fingerprint density at radius 2 is 1.92 bits per heavy atom. The molecule has 2 aromatic rings. The van der Waals surface area contributed by atoms with Crippen LogP contribution in [-0.4, -0.2) is 34.1 Å². The maximum Gasteiger partial charge on any atom is 0.0574 e. The van der Waals surface area contributed by atoms with Crippen molar-refractivity contribution < 1.29 is 5.11 Å². The summed E-state index contributed by atoms with van der Waals surface area (Å²) < 4.78 is 1.91. The van der Waals surface area contributed by atoms with Gasteiger partial charge in [-0.1, -0.05) is 12.1 Å². The summed E-state index contributed by atoms with van der Waals surface area (Å²) in [5.41, 5.74) is 4.99. The van der Waals surface area contributed by atoms with Crippen molar-refractivity contribution in [1.82, 2.24) is 15.1 Å². The molecule has 1 unspecified atom stereocenters. The van der Waals surface area contributed by atoms with Crippen molar-refractivity contribution >= 4 is 5.69 Å². The number of anilines is 1. The van der Waals surface area contributed by atoms with Crippen molar-refractivity contribution in [1.29, 1.82) is 0 Å². The molecule has 24 heavy (non-hydrogen) atoms. The van der Waals surface area contributed by atoms with Crippen LogP contribution in [0.2, 0.25) is 0 Å². The zero-order chi connectivity index (χ0) is 17.1. The maximum absolute atomic E-state index is 9.62. The number of piperidine rings is 1. The molecule has 0 radical (unpaired) electrons. The molecule has 0 saturated carbocycles. The lowest BCUT2D eigenvalue weighted by Gasteiger charge is -2.31. The molecular formula is C19H28N4O. The lowest BCUT2D eigenvalue weighted by atomic mass is 10.0. The fourth-order valence-corrected chi connectivity index (χ4v) is 3.20. The summed E-state index contributed by atoms with van der Waals surface area (Å²) in [4.78, 5) is 2.35. The van der Waals surface area contributed by atoms with Crippen molar-refractivity contribution in [3.8, 4) is 0 Å². The van der Waals surface area contributed by atoms with Crippen LogP contribution in [-0.2, 0) is 13.6 Å². The molecule has 2 N–H and O–H groups in total. The molecular weight excluding hydrogens is 300 g/mol. The third kappa shape index (κ3) is 3.79. The first-order valence-electron chi connectivity index (χ1n) is 8.78. The molecule has 0 bridgehead atoms. The van der Waals surface area contributed by atoms with Gasteiger partial charge in [-0.3, -0.25) is 4.68 Å². The number of hydrogen-bond acceptors (Lipinski definition) is 4. The molecule has 1 atom stereocenters. The maximum atomic E-state index is 9.62. The van der Waals surface area contributed by atoms with Gasteiger partial charge in [-0.2, -0.15) is 5.10 Å². The van der Waals surface area contributed by atoms with E-state index in [0.29, 0.717) is 6.04 Å². The Morgan fingerprint density at radius 3 is 2.50 bits per heavy atom. The van der Waals surface area contributed by atoms with Gasteiger partial charge < -0.3 is 15.3 Å². The number of aromatic nitrogens is 2. The smallest absolute Gasteiger partial charge is 0.0574 e. The average molecular weight is 328 g/mol. The van der Waals surface area contributed by atoms with Gasteiger partial charge in [0.05, 0.1) is 12.3 Å². The first-order chi connectivity index (χ1) is 11.5. The quantitative estimate of drug-likeness (QED) is 0.886. The summed E-state index contributed by atoms with van der Waals surface area (Å²) in [7, 11) is 1.97. The second-order valence-corrected chi connectivity index (χ2v) is 6.79. The Morgan fingerprint density at radius 1 is 1.25 bits per heavy atom. The molecule has 5 heteroatoms. The highest BCUT2D eigenvalue weighted by Gasteiger charge is 2.17. The summed E-state index contributed by atoms with van der Waals surface area (Å²) in [5.74, 6) is 0. The van der Waals surface area contributed by atoms with Crippen molar-refractivity contribution in [3.63, 3.8) is 0 Å². The van der Waals surface area contributed by atoms with E-state index in [-0.39, 0.29) is 6.10 Å². The molecule has 1 aromatic heterocycles. The summed E-state index contributed by atoms with van der Waals surface area (Å²) >= 11 is 0. The zero-order valence-electron chi connectivity index (χ0n) is 14.9. The molecule has 1 saturated heterocycles. The van der Waals surface area contributed by atoms with Gasteiger partial charge in [0.1, 0.15) is 0 Å². The van der Waals surface area contributed by atoms with Crippen LogP contribution in [0.25, 0.3) is 0 Å². The number of nitrogens with one attached hydrogen (secondary N) is 1. The van der Waals surface area contributed by atoms with Crippen LogP contribution < -0.4 is 10.2 Å². The van der Waals surface area contributed by atoms with Gasteiger partial charge in [-0.25, -0.2) is 0 Å². The molecule has 0 amide bonds. The number of aliphatic hydroxyl groups is 1. The van der Waals surface area contributed by atoms with Crippen molar-refractivity contribution in [2.24, 2.45) is 7.05 Å². The molecule has 0 aliphatic carbocycles. The molecule has 1 aromatic carbocycles. The van der Waals surface area contributed by atoms with E-state index in [1.807, 2.05) is 17.9 Å². The monoisotopic (exact) mass is 328 g/mol. The third-order valence-corrected chi connectivity index (χ3v) is 5.16. The minimum atomic E-state index is -0.124. The predicted octanol–water partition coefficient (Wildman–Crippen LogP) is 2.54. The van der Waals surface area contributed by atoms with E-state index in [1.54, 1.807) is 0 Å². The van der Waals surface area contributed by atoms with Crippen LogP contribution >= 0.6 is 0 Å². The highest BCUT2D eigenvalue weighted by Crippen LogP contribution is 2.23. The number of aliphatic hydroxyl groups excluding tert-OH is 1. The summed E-state index contributed by atoms with van der Waals surface area (Å²) in [6.07, 6.45) is 3.54. The Balaban J connectivity index is 1.57. The molecule has 130 valence electrons. The van der Waals surface area contributed by atoms with Crippen molar-refractivity contribution in [2.75, 3.05) is 18.0 Å². The Labute approximate surface area is 144 Å². The standard InChI is InChI=1S/C19H28N4O/c1-14(20-12-17-13-21-22(3)15(17)2)16-4-6-18(7-5-16)23-10-8-19(24)9-11-23/h4-7,13-14,19-20,24H,8-12H2,1-3H3. The van der Waals surface area contributed by atoms with E-state index in [9.17, 15) is 5.11 Å². The molecule has 1 aliphatic heterocycles. The van der Waals surface area contributed by atoms with Crippen LogP contribution in [0.15, 0.2) is 30.5 Å². The lowest BCUT2D eigenvalue weighted by Crippen LogP contribution is -2.35. The van der Waals surface area contributed by atoms with Crippen molar-refractivity contribution in [3.05, 3.63) is 47.3 Å². The largest absolute Gasteiger partial charge is 0.393 e. The van der Waals surface area contributed by atoms with Gasteiger partial charge in [-0.05, 0) is 44.4 Å². The number of nitrogens with zero attached hydrogens (tertiary/aromatic N) is 3. The number of hydrogen-bond donors (Lipinski definition) is 2. The van der Waals surface area contributed by atoms with E-state index < -0.39 is 0 Å². The molecule has 3 rings (SSSR count). The van der Waals surface area contributed by atoms with E-state index in [1.165, 1.54) is 22.5 Å². The van der Waals surface area contributed by atoms with E-state index >= 15 is 0 Å². The first-order valence-corrected chi connectivity index (χ1v) is 8.78. The third-order valence-electron chi connectivity index (χ3n) is 5.16. The first kappa shape index (κ1) is 17.0. The van der Waals surface area contributed by atoms with Gasteiger partial charge in [0.25, 0.3) is 0 Å². The van der Waals surface area contributed by atoms with E-state index in [4.69, 9.17) is 0 Å². The number of benzene rings is 1. The average Bonchev–Trinajstić information content (AvgIpc) is 2.92. The number of aryl methyl sites for hydroxylation is 1. The van der Waals surface area contributed by atoms with Gasteiger partial charge in [0.15, 0.2) is 0 Å². The van der Waals surface area contributed by atoms with Crippen LogP contribution in [0.4, 0.5) is 5.69 Å². The minimum Gasteiger partial charge on any atom is -0.393 e. The topological polar surface area (TPSA) is 53.3 Å². The van der Waals surface area contributed by atoms with Gasteiger partial charge in [0.2, 0.25) is 0 Å². The second-order valence-electron chi connectivity index (χ2n) is 6.79. The second kappa shape index (κ2) is 7.36. The zero-order valence-corrected chi connectivity index (χ0v) is 14.9. The Kier molecular flexibility index (Phi) is 5.21. The number of rotatable bonds is 5. The molecule has 1 fully saturated rings. The van der Waals surface area contributed by atoms with Crippen LogP contribution in [0, 0.1) is 6.92 Å². The molecule has 1 aliphatic rings. The normalized spacial score (nSPS) is 17.2. The summed E-state index contributed by atoms with van der Waals surface area (Å²) in [5, 5.41) is 17.5. The highest BCUT2D eigenvalue weighted by molar-refractivity contribution is 5.48. The van der Waals surface area contributed by atoms with Gasteiger partial charge in [0, 0.05) is 49.7 Å². The minimum absolute atomic E-state index is 0.124. The molecule has 2 heterocycles. The van der Waals surface area contributed by atoms with Crippen LogP contribution in [0.5, 0.6) is 0 Å². The lowest BCUT2D eigenvalue weighted by molar-refractivity contribution is 0.145.